The molecule has 6 heteroatoms. The number of amides is 1. The highest BCUT2D eigenvalue weighted by atomic mass is 32.1. The lowest BCUT2D eigenvalue weighted by molar-refractivity contribution is -0.121. The van der Waals surface area contributed by atoms with Gasteiger partial charge in [-0.2, -0.15) is 0 Å². The van der Waals surface area contributed by atoms with Gasteiger partial charge in [0, 0.05) is 29.6 Å². The van der Waals surface area contributed by atoms with Crippen molar-refractivity contribution >= 4 is 17.2 Å². The summed E-state index contributed by atoms with van der Waals surface area (Å²) in [5.74, 6) is 0.122. The molecule has 0 spiro atoms. The van der Waals surface area contributed by atoms with Crippen LogP contribution in [0.5, 0.6) is 0 Å². The minimum absolute atomic E-state index is 0.0212. The van der Waals surface area contributed by atoms with E-state index in [1.807, 2.05) is 29.9 Å². The molecule has 0 unspecified atom stereocenters. The van der Waals surface area contributed by atoms with Crippen LogP contribution in [0.25, 0.3) is 0 Å². The topological polar surface area (TPSA) is 64.0 Å². The Hall–Kier alpha value is -1.95. The van der Waals surface area contributed by atoms with E-state index in [0.29, 0.717) is 13.0 Å². The zero-order chi connectivity index (χ0) is 17.1. The normalized spacial score (nSPS) is 16.7. The van der Waals surface area contributed by atoms with Gasteiger partial charge in [-0.3, -0.25) is 9.59 Å². The monoisotopic (exact) mass is 345 g/mol. The highest BCUT2D eigenvalue weighted by molar-refractivity contribution is 7.09. The molecular formula is C18H23N3O2S. The van der Waals surface area contributed by atoms with E-state index < -0.39 is 0 Å². The van der Waals surface area contributed by atoms with Crippen LogP contribution < -0.4 is 10.9 Å². The molecule has 1 amide bonds. The molecule has 5 nitrogen and oxygen atoms in total. The number of carbonyl (C=O) groups is 1. The van der Waals surface area contributed by atoms with Crippen LogP contribution in [0.3, 0.4) is 0 Å². The molecule has 1 N–H and O–H groups in total. The molecule has 1 aliphatic rings. The number of pyridine rings is 1. The number of thiazole rings is 1. The molecule has 1 aliphatic carbocycles. The number of nitrogens with one attached hydrogen (secondary N) is 1. The Morgan fingerprint density at radius 2 is 2.29 bits per heavy atom. The van der Waals surface area contributed by atoms with Crippen molar-refractivity contribution in [2.75, 3.05) is 0 Å². The molecule has 0 bridgehead atoms. The third kappa shape index (κ3) is 3.75. The number of carbonyl (C=O) groups excluding carboxylic acids is 1. The van der Waals surface area contributed by atoms with Crippen molar-refractivity contribution in [1.29, 1.82) is 0 Å². The predicted molar refractivity (Wildman–Crippen MR) is 95.5 cm³/mol. The summed E-state index contributed by atoms with van der Waals surface area (Å²) in [6.07, 6.45) is 3.92. The maximum absolute atomic E-state index is 12.3. The summed E-state index contributed by atoms with van der Waals surface area (Å²) in [6.45, 7) is 4.51. The Kier molecular flexibility index (Phi) is 5.14. The number of nitrogens with zero attached hydrogens (tertiary/aromatic N) is 2. The van der Waals surface area contributed by atoms with Gasteiger partial charge in [0.15, 0.2) is 0 Å². The molecule has 0 aliphatic heterocycles. The zero-order valence-corrected chi connectivity index (χ0v) is 15.0. The first-order chi connectivity index (χ1) is 11.6. The molecule has 128 valence electrons. The van der Waals surface area contributed by atoms with Crippen LogP contribution in [0.2, 0.25) is 0 Å². The van der Waals surface area contributed by atoms with Gasteiger partial charge in [0.1, 0.15) is 0 Å². The van der Waals surface area contributed by atoms with Crippen molar-refractivity contribution in [2.45, 2.75) is 58.5 Å². The third-order valence-electron chi connectivity index (χ3n) is 4.41. The van der Waals surface area contributed by atoms with Crippen molar-refractivity contribution in [3.05, 3.63) is 49.8 Å². The number of aryl methyl sites for hydroxylation is 1. The molecule has 2 heterocycles. The molecule has 0 fully saturated rings. The maximum atomic E-state index is 12.3. The van der Waals surface area contributed by atoms with Crippen LogP contribution in [0.4, 0.5) is 0 Å². The Morgan fingerprint density at radius 1 is 1.46 bits per heavy atom. The van der Waals surface area contributed by atoms with Gasteiger partial charge in [-0.1, -0.05) is 13.0 Å². The summed E-state index contributed by atoms with van der Waals surface area (Å²) >= 11 is 1.60. The summed E-state index contributed by atoms with van der Waals surface area (Å²) in [7, 11) is 0. The Balaban J connectivity index is 1.79. The van der Waals surface area contributed by atoms with Gasteiger partial charge in [0.25, 0.3) is 5.56 Å². The van der Waals surface area contributed by atoms with Gasteiger partial charge >= 0.3 is 0 Å². The van der Waals surface area contributed by atoms with Crippen LogP contribution >= 0.6 is 11.3 Å². The largest absolute Gasteiger partial charge is 0.353 e. The van der Waals surface area contributed by atoms with Crippen LogP contribution in [0.15, 0.2) is 22.3 Å². The minimum Gasteiger partial charge on any atom is -0.353 e. The first-order valence-corrected chi connectivity index (χ1v) is 9.36. The fourth-order valence-electron chi connectivity index (χ4n) is 3.29. The fourth-order valence-corrected chi connectivity index (χ4v) is 3.89. The lowest BCUT2D eigenvalue weighted by atomic mass is 9.91. The average molecular weight is 345 g/mol. The van der Waals surface area contributed by atoms with Gasteiger partial charge < -0.3 is 9.88 Å². The molecule has 3 rings (SSSR count). The second-order valence-corrected chi connectivity index (χ2v) is 7.41. The van der Waals surface area contributed by atoms with Crippen molar-refractivity contribution in [1.82, 2.24) is 14.9 Å². The van der Waals surface area contributed by atoms with Crippen molar-refractivity contribution in [2.24, 2.45) is 0 Å². The first-order valence-electron chi connectivity index (χ1n) is 8.48. The van der Waals surface area contributed by atoms with Crippen LogP contribution in [0.1, 0.15) is 48.1 Å². The summed E-state index contributed by atoms with van der Waals surface area (Å²) in [6, 6.07) is 3.72. The second kappa shape index (κ2) is 7.30. The van der Waals surface area contributed by atoms with Gasteiger partial charge in [-0.25, -0.2) is 4.98 Å². The number of fused-ring (bicyclic) bond motifs is 1. The second-order valence-electron chi connectivity index (χ2n) is 6.34. The lowest BCUT2D eigenvalue weighted by Gasteiger charge is -2.27. The van der Waals surface area contributed by atoms with Crippen molar-refractivity contribution in [3.8, 4) is 0 Å². The van der Waals surface area contributed by atoms with E-state index in [1.165, 1.54) is 0 Å². The van der Waals surface area contributed by atoms with E-state index in [0.717, 1.165) is 47.6 Å². The number of aromatic nitrogens is 2. The SMILES string of the molecule is CCCC(=O)N[C@@H]1CCc2c(ccc(=O)n2Cc2csc(C)n2)C1. The molecule has 2 aromatic rings. The highest BCUT2D eigenvalue weighted by Crippen LogP contribution is 2.21. The van der Waals surface area contributed by atoms with Crippen LogP contribution in [0, 0.1) is 6.92 Å². The maximum Gasteiger partial charge on any atom is 0.251 e. The van der Waals surface area contributed by atoms with Crippen molar-refractivity contribution < 1.29 is 4.79 Å². The van der Waals surface area contributed by atoms with E-state index >= 15 is 0 Å². The Labute approximate surface area is 145 Å². The zero-order valence-electron chi connectivity index (χ0n) is 14.2. The molecule has 1 atom stereocenters. The molecule has 0 saturated carbocycles. The Morgan fingerprint density at radius 3 is 3.00 bits per heavy atom. The first kappa shape index (κ1) is 16.9. The molecule has 0 aromatic carbocycles. The van der Waals surface area contributed by atoms with Crippen LogP contribution in [-0.4, -0.2) is 21.5 Å². The van der Waals surface area contributed by atoms with Gasteiger partial charge in [0.05, 0.1) is 17.2 Å². The Bertz CT molecular complexity index is 794. The van der Waals surface area contributed by atoms with E-state index in [9.17, 15) is 9.59 Å². The van der Waals surface area contributed by atoms with Gasteiger partial charge in [0.2, 0.25) is 5.91 Å². The highest BCUT2D eigenvalue weighted by Gasteiger charge is 2.23. The minimum atomic E-state index is 0.0212. The summed E-state index contributed by atoms with van der Waals surface area (Å²) in [5, 5.41) is 6.14. The number of hydrogen-bond acceptors (Lipinski definition) is 4. The number of hydrogen-bond donors (Lipinski definition) is 1. The third-order valence-corrected chi connectivity index (χ3v) is 5.24. The van der Waals surface area contributed by atoms with E-state index in [-0.39, 0.29) is 17.5 Å². The van der Waals surface area contributed by atoms with E-state index in [2.05, 4.69) is 10.3 Å². The molecule has 0 radical (unpaired) electrons. The fraction of sp³-hybridized carbons (Fsp3) is 0.500. The summed E-state index contributed by atoms with van der Waals surface area (Å²) in [4.78, 5) is 28.6. The predicted octanol–water partition coefficient (Wildman–Crippen LogP) is 2.44. The number of rotatable bonds is 5. The summed E-state index contributed by atoms with van der Waals surface area (Å²) in [5.41, 5.74) is 3.21. The lowest BCUT2D eigenvalue weighted by Crippen LogP contribution is -2.40. The molecule has 2 aromatic heterocycles. The molecule has 0 saturated heterocycles. The van der Waals surface area contributed by atoms with Crippen molar-refractivity contribution in [3.63, 3.8) is 0 Å². The van der Waals surface area contributed by atoms with Gasteiger partial charge in [-0.05, 0) is 38.2 Å². The average Bonchev–Trinajstić information content (AvgIpc) is 2.95. The van der Waals surface area contributed by atoms with Crippen LogP contribution in [-0.2, 0) is 24.2 Å². The van der Waals surface area contributed by atoms with E-state index in [4.69, 9.17) is 0 Å². The van der Waals surface area contributed by atoms with Gasteiger partial charge in [-0.15, -0.1) is 11.3 Å². The smallest absolute Gasteiger partial charge is 0.251 e. The standard InChI is InChI=1S/C18H23N3O2S/c1-3-4-17(22)20-14-6-7-16-13(9-14)5-8-18(23)21(16)10-15-11-24-12(2)19-15/h5,8,11,14H,3-4,6-7,9-10H2,1-2H3,(H,20,22)/t14-/m1/s1. The van der Waals surface area contributed by atoms with E-state index in [1.54, 1.807) is 17.4 Å². The summed E-state index contributed by atoms with van der Waals surface area (Å²) < 4.78 is 1.84. The molecular weight excluding hydrogens is 322 g/mol. The quantitative estimate of drug-likeness (QED) is 0.905. The molecule has 24 heavy (non-hydrogen) atoms.